The topological polar surface area (TPSA) is 95.7 Å². The number of β-amino-alcohol motifs (C(OH)–C–C–N with tert-alkyl or cyclic N) is 1. The number of carbonyl (C=O) groups is 2. The third kappa shape index (κ3) is 5.08. The van der Waals surface area contributed by atoms with Gasteiger partial charge >= 0.3 is 6.03 Å². The second-order valence-corrected chi connectivity index (χ2v) is 6.95. The number of nitrogens with two attached hydrogens (primary N) is 1. The molecule has 3 amide bonds. The highest BCUT2D eigenvalue weighted by molar-refractivity contribution is 5.76. The van der Waals surface area contributed by atoms with Crippen LogP contribution in [-0.2, 0) is 11.2 Å². The van der Waals surface area contributed by atoms with Gasteiger partial charge < -0.3 is 21.1 Å². The Morgan fingerprint density at radius 3 is 2.56 bits per heavy atom. The predicted octanol–water partition coefficient (Wildman–Crippen LogP) is 1.77. The number of urea groups is 1. The average molecular weight is 367 g/mol. The molecule has 142 valence electrons. The van der Waals surface area contributed by atoms with Crippen LogP contribution in [0.5, 0.6) is 0 Å². The normalized spacial score (nSPS) is 19.1. The Morgan fingerprint density at radius 1 is 1.07 bits per heavy atom. The van der Waals surface area contributed by atoms with E-state index < -0.39 is 12.0 Å². The van der Waals surface area contributed by atoms with Gasteiger partial charge in [0.05, 0.1) is 6.10 Å². The summed E-state index contributed by atoms with van der Waals surface area (Å²) in [6.07, 6.45) is 0.107. The summed E-state index contributed by atoms with van der Waals surface area (Å²) in [5.74, 6) is -0.740. The van der Waals surface area contributed by atoms with Crippen molar-refractivity contribution >= 4 is 11.9 Å². The Bertz CT molecular complexity index is 794. The zero-order chi connectivity index (χ0) is 19.2. The number of amides is 3. The van der Waals surface area contributed by atoms with Crippen molar-refractivity contribution in [3.8, 4) is 11.1 Å². The zero-order valence-electron chi connectivity index (χ0n) is 15.2. The van der Waals surface area contributed by atoms with Gasteiger partial charge in [-0.15, -0.1) is 0 Å². The maximum absolute atomic E-state index is 12.3. The Labute approximate surface area is 159 Å². The van der Waals surface area contributed by atoms with Crippen LogP contribution in [0.25, 0.3) is 11.1 Å². The van der Waals surface area contributed by atoms with Crippen LogP contribution < -0.4 is 11.1 Å². The molecule has 2 aromatic rings. The molecule has 1 aliphatic heterocycles. The number of nitrogens with zero attached hydrogens (tertiary/aromatic N) is 1. The summed E-state index contributed by atoms with van der Waals surface area (Å²) in [5.41, 5.74) is 8.64. The molecule has 2 aromatic carbocycles. The molecule has 3 rings (SSSR count). The number of primary amides is 1. The highest BCUT2D eigenvalue weighted by atomic mass is 16.3. The molecule has 0 radical (unpaired) electrons. The first-order valence-electron chi connectivity index (χ1n) is 9.16. The lowest BCUT2D eigenvalue weighted by Gasteiger charge is -2.17. The summed E-state index contributed by atoms with van der Waals surface area (Å²) in [6, 6.07) is 18.2. The van der Waals surface area contributed by atoms with E-state index in [-0.39, 0.29) is 24.9 Å². The molecule has 1 aliphatic rings. The fraction of sp³-hybridized carbons (Fsp3) is 0.333. The van der Waals surface area contributed by atoms with Gasteiger partial charge in [-0.1, -0.05) is 54.6 Å². The molecule has 6 nitrogen and oxygen atoms in total. The molecule has 1 saturated heterocycles. The van der Waals surface area contributed by atoms with Crippen LogP contribution in [0.4, 0.5) is 4.79 Å². The zero-order valence-corrected chi connectivity index (χ0v) is 15.2. The lowest BCUT2D eigenvalue weighted by molar-refractivity contribution is -0.119. The number of rotatable bonds is 6. The first-order valence-corrected chi connectivity index (χ1v) is 9.16. The minimum absolute atomic E-state index is 0.0945. The minimum Gasteiger partial charge on any atom is -0.391 e. The fourth-order valence-corrected chi connectivity index (χ4v) is 3.44. The van der Waals surface area contributed by atoms with Crippen molar-refractivity contribution in [2.45, 2.75) is 18.9 Å². The standard InChI is InChI=1S/C21H25N3O3/c22-20(26)12-18-13-24(14-19(18)25)21(27)23-10-9-15-5-4-8-17(11-15)16-6-2-1-3-7-16/h1-8,11,18-19,25H,9-10,12-14H2,(H2,22,26)(H,23,27)/t18-,19-/m1/s1. The van der Waals surface area contributed by atoms with Crippen LogP contribution in [-0.4, -0.2) is 47.7 Å². The first kappa shape index (κ1) is 18.9. The molecule has 2 atom stereocenters. The molecular weight excluding hydrogens is 342 g/mol. The van der Waals surface area contributed by atoms with Crippen LogP contribution in [0.1, 0.15) is 12.0 Å². The number of aliphatic hydroxyl groups excluding tert-OH is 1. The van der Waals surface area contributed by atoms with Gasteiger partial charge in [0.25, 0.3) is 0 Å². The van der Waals surface area contributed by atoms with E-state index >= 15 is 0 Å². The maximum Gasteiger partial charge on any atom is 0.317 e. The predicted molar refractivity (Wildman–Crippen MR) is 104 cm³/mol. The van der Waals surface area contributed by atoms with Crippen molar-refractivity contribution in [3.05, 3.63) is 60.2 Å². The summed E-state index contributed by atoms with van der Waals surface area (Å²) in [5, 5.41) is 12.9. The van der Waals surface area contributed by atoms with E-state index in [0.717, 1.165) is 16.7 Å². The maximum atomic E-state index is 12.3. The highest BCUT2D eigenvalue weighted by Gasteiger charge is 2.34. The van der Waals surface area contributed by atoms with Gasteiger partial charge in [0.1, 0.15) is 0 Å². The minimum atomic E-state index is -0.703. The van der Waals surface area contributed by atoms with Gasteiger partial charge in [-0.05, 0) is 23.1 Å². The Kier molecular flexibility index (Phi) is 6.08. The molecular formula is C21H25N3O3. The number of carbonyl (C=O) groups excluding carboxylic acids is 2. The van der Waals surface area contributed by atoms with E-state index in [1.807, 2.05) is 30.3 Å². The molecule has 27 heavy (non-hydrogen) atoms. The molecule has 1 fully saturated rings. The summed E-state index contributed by atoms with van der Waals surface area (Å²) < 4.78 is 0. The van der Waals surface area contributed by atoms with Crippen molar-refractivity contribution < 1.29 is 14.7 Å². The van der Waals surface area contributed by atoms with Crippen molar-refractivity contribution in [3.63, 3.8) is 0 Å². The number of hydrogen-bond acceptors (Lipinski definition) is 3. The van der Waals surface area contributed by atoms with Gasteiger partial charge in [0.2, 0.25) is 5.91 Å². The lowest BCUT2D eigenvalue weighted by Crippen LogP contribution is -2.39. The number of nitrogens with one attached hydrogen (secondary N) is 1. The van der Waals surface area contributed by atoms with Gasteiger partial charge in [0.15, 0.2) is 0 Å². The van der Waals surface area contributed by atoms with E-state index in [9.17, 15) is 14.7 Å². The van der Waals surface area contributed by atoms with Gasteiger partial charge in [0, 0.05) is 32.0 Å². The Balaban J connectivity index is 1.50. The smallest absolute Gasteiger partial charge is 0.317 e. The van der Waals surface area contributed by atoms with Gasteiger partial charge in [-0.25, -0.2) is 4.79 Å². The van der Waals surface area contributed by atoms with Crippen molar-refractivity contribution in [1.82, 2.24) is 10.2 Å². The van der Waals surface area contributed by atoms with E-state index in [4.69, 9.17) is 5.73 Å². The van der Waals surface area contributed by atoms with E-state index in [1.165, 1.54) is 0 Å². The number of benzene rings is 2. The first-order chi connectivity index (χ1) is 13.0. The Hall–Kier alpha value is -2.86. The van der Waals surface area contributed by atoms with Crippen molar-refractivity contribution in [2.24, 2.45) is 11.7 Å². The molecule has 4 N–H and O–H groups in total. The molecule has 6 heteroatoms. The third-order valence-electron chi connectivity index (χ3n) is 4.88. The molecule has 1 heterocycles. The summed E-state index contributed by atoms with van der Waals surface area (Å²) in [7, 11) is 0. The molecule has 0 spiro atoms. The molecule has 0 aromatic heterocycles. The lowest BCUT2D eigenvalue weighted by atomic mass is 10.0. The number of aliphatic hydroxyl groups is 1. The van der Waals surface area contributed by atoms with Crippen LogP contribution >= 0.6 is 0 Å². The van der Waals surface area contributed by atoms with Crippen molar-refractivity contribution in [2.75, 3.05) is 19.6 Å². The van der Waals surface area contributed by atoms with Gasteiger partial charge in [-0.2, -0.15) is 0 Å². The fourth-order valence-electron chi connectivity index (χ4n) is 3.44. The monoisotopic (exact) mass is 367 g/mol. The third-order valence-corrected chi connectivity index (χ3v) is 4.88. The van der Waals surface area contributed by atoms with E-state index in [1.54, 1.807) is 4.90 Å². The summed E-state index contributed by atoms with van der Waals surface area (Å²) in [6.45, 7) is 1.08. The number of hydrogen-bond donors (Lipinski definition) is 3. The SMILES string of the molecule is NC(=O)C[C@@H]1CN(C(=O)NCCc2cccc(-c3ccccc3)c2)C[C@H]1O. The largest absolute Gasteiger partial charge is 0.391 e. The van der Waals surface area contributed by atoms with E-state index in [2.05, 4.69) is 29.6 Å². The van der Waals surface area contributed by atoms with E-state index in [0.29, 0.717) is 19.5 Å². The van der Waals surface area contributed by atoms with Crippen molar-refractivity contribution in [1.29, 1.82) is 0 Å². The number of likely N-dealkylation sites (tertiary alicyclic amines) is 1. The summed E-state index contributed by atoms with van der Waals surface area (Å²) in [4.78, 5) is 24.9. The van der Waals surface area contributed by atoms with Crippen LogP contribution in [0.2, 0.25) is 0 Å². The second-order valence-electron chi connectivity index (χ2n) is 6.95. The highest BCUT2D eigenvalue weighted by Crippen LogP contribution is 2.21. The molecule has 0 saturated carbocycles. The van der Waals surface area contributed by atoms with Crippen LogP contribution in [0.15, 0.2) is 54.6 Å². The Morgan fingerprint density at radius 2 is 1.81 bits per heavy atom. The quantitative estimate of drug-likeness (QED) is 0.726. The van der Waals surface area contributed by atoms with Crippen LogP contribution in [0, 0.1) is 5.92 Å². The average Bonchev–Trinajstić information content (AvgIpc) is 3.03. The van der Waals surface area contributed by atoms with Crippen LogP contribution in [0.3, 0.4) is 0 Å². The van der Waals surface area contributed by atoms with Gasteiger partial charge in [-0.3, -0.25) is 4.79 Å². The molecule has 0 bridgehead atoms. The second kappa shape index (κ2) is 8.68. The molecule has 0 aliphatic carbocycles. The summed E-state index contributed by atoms with van der Waals surface area (Å²) >= 11 is 0. The molecule has 0 unspecified atom stereocenters.